The van der Waals surface area contributed by atoms with Gasteiger partial charge in [0.25, 0.3) is 0 Å². The maximum atomic E-state index is 13.5. The minimum Gasteiger partial charge on any atom is -0.310 e. The summed E-state index contributed by atoms with van der Waals surface area (Å²) in [5, 5.41) is 3.69. The first-order valence-electron chi connectivity index (χ1n) is 6.60. The normalized spacial score (nSPS) is 14.6. The average molecular weight is 294 g/mol. The zero-order valence-electron chi connectivity index (χ0n) is 10.8. The number of hydrogen-bond donors (Lipinski definition) is 1. The van der Waals surface area contributed by atoms with Gasteiger partial charge in [0.2, 0.25) is 0 Å². The third kappa shape index (κ3) is 3.17. The molecule has 1 aliphatic carbocycles. The second-order valence-corrected chi connectivity index (χ2v) is 5.55. The first-order valence-corrected chi connectivity index (χ1v) is 6.98. The fourth-order valence-corrected chi connectivity index (χ4v) is 2.44. The Hall–Kier alpha value is -1.45. The van der Waals surface area contributed by atoms with Crippen LogP contribution in [0.25, 0.3) is 11.1 Å². The van der Waals surface area contributed by atoms with Crippen LogP contribution in [0.15, 0.2) is 36.4 Å². The summed E-state index contributed by atoms with van der Waals surface area (Å²) >= 11 is 5.88. The standard InChI is InChI=1S/C16H14ClF2N/c17-12-5-11(6-14(19)7-12)16-8-13(18)2-1-10(16)9-20-15-3-4-15/h1-2,5-8,15,20H,3-4,9H2. The van der Waals surface area contributed by atoms with Gasteiger partial charge in [-0.3, -0.25) is 0 Å². The smallest absolute Gasteiger partial charge is 0.125 e. The molecule has 20 heavy (non-hydrogen) atoms. The summed E-state index contributed by atoms with van der Waals surface area (Å²) in [4.78, 5) is 0. The molecule has 0 unspecified atom stereocenters. The molecule has 3 rings (SSSR count). The molecule has 0 aliphatic heterocycles. The van der Waals surface area contributed by atoms with Crippen molar-refractivity contribution in [1.82, 2.24) is 5.32 Å². The van der Waals surface area contributed by atoms with Gasteiger partial charge in [-0.15, -0.1) is 0 Å². The van der Waals surface area contributed by atoms with Crippen LogP contribution in [-0.2, 0) is 6.54 Å². The number of halogens is 3. The van der Waals surface area contributed by atoms with E-state index in [4.69, 9.17) is 11.6 Å². The summed E-state index contributed by atoms with van der Waals surface area (Å²) in [6, 6.07) is 9.42. The molecule has 0 heterocycles. The predicted molar refractivity (Wildman–Crippen MR) is 76.7 cm³/mol. The lowest BCUT2D eigenvalue weighted by atomic mass is 9.99. The van der Waals surface area contributed by atoms with Gasteiger partial charge in [0, 0.05) is 17.6 Å². The highest BCUT2D eigenvalue weighted by Gasteiger charge is 2.20. The summed E-state index contributed by atoms with van der Waals surface area (Å²) in [6.45, 7) is 0.647. The number of benzene rings is 2. The molecular formula is C16H14ClF2N. The molecule has 0 atom stereocenters. The van der Waals surface area contributed by atoms with Gasteiger partial charge in [0.05, 0.1) is 0 Å². The summed E-state index contributed by atoms with van der Waals surface area (Å²) < 4.78 is 27.0. The summed E-state index contributed by atoms with van der Waals surface area (Å²) in [5.41, 5.74) is 2.22. The van der Waals surface area contributed by atoms with E-state index in [1.54, 1.807) is 12.1 Å². The topological polar surface area (TPSA) is 12.0 Å². The SMILES string of the molecule is Fc1cc(Cl)cc(-c2cc(F)ccc2CNC2CC2)c1. The molecule has 0 amide bonds. The van der Waals surface area contributed by atoms with E-state index in [0.29, 0.717) is 28.7 Å². The van der Waals surface area contributed by atoms with Crippen molar-refractivity contribution in [3.8, 4) is 11.1 Å². The average Bonchev–Trinajstić information content (AvgIpc) is 3.20. The maximum Gasteiger partial charge on any atom is 0.125 e. The Balaban J connectivity index is 1.98. The molecule has 0 spiro atoms. The highest BCUT2D eigenvalue weighted by Crippen LogP contribution is 2.29. The molecule has 1 aliphatic rings. The molecule has 0 radical (unpaired) electrons. The number of rotatable bonds is 4. The van der Waals surface area contributed by atoms with Crippen molar-refractivity contribution < 1.29 is 8.78 Å². The largest absolute Gasteiger partial charge is 0.310 e. The van der Waals surface area contributed by atoms with Gasteiger partial charge >= 0.3 is 0 Å². The molecule has 1 saturated carbocycles. The first kappa shape index (κ1) is 13.5. The maximum absolute atomic E-state index is 13.5. The van der Waals surface area contributed by atoms with Crippen molar-refractivity contribution in [2.24, 2.45) is 0 Å². The first-order chi connectivity index (χ1) is 9.61. The van der Waals surface area contributed by atoms with E-state index in [1.165, 1.54) is 37.1 Å². The van der Waals surface area contributed by atoms with E-state index in [2.05, 4.69) is 5.32 Å². The van der Waals surface area contributed by atoms with E-state index in [1.807, 2.05) is 0 Å². The van der Waals surface area contributed by atoms with E-state index in [9.17, 15) is 8.78 Å². The van der Waals surface area contributed by atoms with Crippen LogP contribution in [0.2, 0.25) is 5.02 Å². The molecule has 2 aromatic carbocycles. The number of nitrogens with one attached hydrogen (secondary N) is 1. The lowest BCUT2D eigenvalue weighted by Crippen LogP contribution is -2.16. The van der Waals surface area contributed by atoms with Gasteiger partial charge in [-0.1, -0.05) is 17.7 Å². The highest BCUT2D eigenvalue weighted by atomic mass is 35.5. The van der Waals surface area contributed by atoms with Gasteiger partial charge in [-0.25, -0.2) is 8.78 Å². The fourth-order valence-electron chi connectivity index (χ4n) is 2.22. The van der Waals surface area contributed by atoms with Crippen LogP contribution in [-0.4, -0.2) is 6.04 Å². The van der Waals surface area contributed by atoms with Gasteiger partial charge < -0.3 is 5.32 Å². The molecule has 1 nitrogen and oxygen atoms in total. The van der Waals surface area contributed by atoms with Crippen molar-refractivity contribution >= 4 is 11.6 Å². The van der Waals surface area contributed by atoms with Gasteiger partial charge in [-0.2, -0.15) is 0 Å². The molecule has 0 saturated heterocycles. The van der Waals surface area contributed by atoms with Crippen LogP contribution in [0.3, 0.4) is 0 Å². The van der Waals surface area contributed by atoms with Crippen molar-refractivity contribution in [3.63, 3.8) is 0 Å². The van der Waals surface area contributed by atoms with Crippen molar-refractivity contribution in [3.05, 3.63) is 58.6 Å². The van der Waals surface area contributed by atoms with Crippen LogP contribution in [0.4, 0.5) is 8.78 Å². The van der Waals surface area contributed by atoms with E-state index < -0.39 is 5.82 Å². The van der Waals surface area contributed by atoms with Crippen LogP contribution in [0.1, 0.15) is 18.4 Å². The monoisotopic (exact) mass is 293 g/mol. The molecule has 1 fully saturated rings. The van der Waals surface area contributed by atoms with Gasteiger partial charge in [0.15, 0.2) is 0 Å². The molecule has 0 bridgehead atoms. The van der Waals surface area contributed by atoms with E-state index in [0.717, 1.165) is 5.56 Å². The van der Waals surface area contributed by atoms with Crippen LogP contribution in [0.5, 0.6) is 0 Å². The van der Waals surface area contributed by atoms with Crippen molar-refractivity contribution in [1.29, 1.82) is 0 Å². The van der Waals surface area contributed by atoms with Gasteiger partial charge in [0.1, 0.15) is 11.6 Å². The Morgan fingerprint density at radius 2 is 1.85 bits per heavy atom. The molecule has 0 aromatic heterocycles. The second-order valence-electron chi connectivity index (χ2n) is 5.11. The minimum atomic E-state index is -0.419. The predicted octanol–water partition coefficient (Wildman–Crippen LogP) is 4.54. The molecule has 104 valence electrons. The van der Waals surface area contributed by atoms with Crippen molar-refractivity contribution in [2.45, 2.75) is 25.4 Å². The van der Waals surface area contributed by atoms with Crippen LogP contribution < -0.4 is 5.32 Å². The zero-order chi connectivity index (χ0) is 14.1. The Labute approximate surface area is 121 Å². The van der Waals surface area contributed by atoms with Crippen LogP contribution >= 0.6 is 11.6 Å². The Kier molecular flexibility index (Phi) is 3.72. The lowest BCUT2D eigenvalue weighted by Gasteiger charge is -2.11. The Morgan fingerprint density at radius 3 is 2.55 bits per heavy atom. The summed E-state index contributed by atoms with van der Waals surface area (Å²) in [5.74, 6) is -0.756. The third-order valence-electron chi connectivity index (χ3n) is 3.40. The minimum absolute atomic E-state index is 0.311. The summed E-state index contributed by atoms with van der Waals surface area (Å²) in [6.07, 6.45) is 2.37. The van der Waals surface area contributed by atoms with E-state index >= 15 is 0 Å². The lowest BCUT2D eigenvalue weighted by molar-refractivity contribution is 0.623. The molecule has 4 heteroatoms. The summed E-state index contributed by atoms with van der Waals surface area (Å²) in [7, 11) is 0. The third-order valence-corrected chi connectivity index (χ3v) is 3.62. The van der Waals surface area contributed by atoms with Gasteiger partial charge in [-0.05, 0) is 59.9 Å². The Bertz CT molecular complexity index is 618. The Morgan fingerprint density at radius 1 is 1.05 bits per heavy atom. The molecule has 2 aromatic rings. The van der Waals surface area contributed by atoms with E-state index in [-0.39, 0.29) is 5.82 Å². The molecular weight excluding hydrogens is 280 g/mol. The quantitative estimate of drug-likeness (QED) is 0.873. The zero-order valence-corrected chi connectivity index (χ0v) is 11.6. The second kappa shape index (κ2) is 5.51. The van der Waals surface area contributed by atoms with Crippen LogP contribution in [0, 0.1) is 11.6 Å². The highest BCUT2D eigenvalue weighted by molar-refractivity contribution is 6.30. The van der Waals surface area contributed by atoms with Crippen molar-refractivity contribution in [2.75, 3.05) is 0 Å². The fraction of sp³-hybridized carbons (Fsp3) is 0.250. The number of hydrogen-bond acceptors (Lipinski definition) is 1. The molecule has 1 N–H and O–H groups in total.